The molecule has 0 aliphatic carbocycles. The third kappa shape index (κ3) is 7.51. The number of hydrogen-bond acceptors (Lipinski definition) is 5. The van der Waals surface area contributed by atoms with Crippen molar-refractivity contribution in [2.45, 2.75) is 73.6 Å². The van der Waals surface area contributed by atoms with Crippen molar-refractivity contribution in [2.24, 2.45) is 5.41 Å². The quantitative estimate of drug-likeness (QED) is 0.284. The maximum Gasteiger partial charge on any atom is 0.233 e. The number of thioether (sulfide) groups is 1. The summed E-state index contributed by atoms with van der Waals surface area (Å²) in [5, 5.41) is 0. The number of benzene rings is 2. The fourth-order valence-corrected chi connectivity index (χ4v) is 6.61. The van der Waals surface area contributed by atoms with E-state index in [0.717, 1.165) is 41.0 Å². The van der Waals surface area contributed by atoms with Gasteiger partial charge in [-0.05, 0) is 66.8 Å². The fourth-order valence-electron chi connectivity index (χ4n) is 4.31. The Hall–Kier alpha value is -1.99. The first-order valence-electron chi connectivity index (χ1n) is 12.8. The maximum atomic E-state index is 12.5. The normalized spacial score (nSPS) is 12.4. The van der Waals surface area contributed by atoms with Crippen molar-refractivity contribution < 1.29 is 17.9 Å². The number of carbonyl (C=O) groups is 1. The molecule has 0 heterocycles. The van der Waals surface area contributed by atoms with Gasteiger partial charge < -0.3 is 4.74 Å². The van der Waals surface area contributed by atoms with E-state index in [4.69, 9.17) is 4.74 Å². The zero-order valence-corrected chi connectivity index (χ0v) is 24.8. The minimum Gasteiger partial charge on any atom is -0.486 e. The molecule has 0 aliphatic heterocycles. The van der Waals surface area contributed by atoms with Gasteiger partial charge >= 0.3 is 0 Å². The summed E-state index contributed by atoms with van der Waals surface area (Å²) >= 11 is 1.62. The SMILES string of the molecule is CCSCCS(=O)(=O)Nc1ccc(C(CC)(CC)c2ccc(OCC(=O)C(C)(C)C)c(C)c2)cc1C. The van der Waals surface area contributed by atoms with Crippen molar-refractivity contribution in [3.05, 3.63) is 58.7 Å². The van der Waals surface area contributed by atoms with Crippen LogP contribution in [0.4, 0.5) is 5.69 Å². The summed E-state index contributed by atoms with van der Waals surface area (Å²) < 4.78 is 33.6. The van der Waals surface area contributed by atoms with Gasteiger partial charge in [0, 0.05) is 16.6 Å². The van der Waals surface area contributed by atoms with Gasteiger partial charge in [-0.3, -0.25) is 9.52 Å². The van der Waals surface area contributed by atoms with Crippen LogP contribution in [0.15, 0.2) is 36.4 Å². The van der Waals surface area contributed by atoms with E-state index in [1.54, 1.807) is 11.8 Å². The van der Waals surface area contributed by atoms with E-state index < -0.39 is 15.4 Å². The van der Waals surface area contributed by atoms with Crippen molar-refractivity contribution in [1.29, 1.82) is 0 Å². The van der Waals surface area contributed by atoms with E-state index in [0.29, 0.717) is 11.4 Å². The van der Waals surface area contributed by atoms with Crippen molar-refractivity contribution >= 4 is 33.3 Å². The number of ketones is 1. The monoisotopic (exact) mass is 533 g/mol. The Balaban J connectivity index is 2.33. The summed E-state index contributed by atoms with van der Waals surface area (Å²) in [6, 6.07) is 12.2. The van der Waals surface area contributed by atoms with Crippen LogP contribution in [-0.2, 0) is 20.2 Å². The smallest absolute Gasteiger partial charge is 0.233 e. The first kappa shape index (κ1) is 30.2. The van der Waals surface area contributed by atoms with Gasteiger partial charge in [-0.15, -0.1) is 0 Å². The fraction of sp³-hybridized carbons (Fsp3) is 0.552. The largest absolute Gasteiger partial charge is 0.486 e. The lowest BCUT2D eigenvalue weighted by atomic mass is 9.70. The third-order valence-corrected chi connectivity index (χ3v) is 9.31. The molecule has 0 spiro atoms. The number of nitrogens with one attached hydrogen (secondary N) is 1. The van der Waals surface area contributed by atoms with Crippen molar-refractivity contribution in [1.82, 2.24) is 0 Å². The van der Waals surface area contributed by atoms with E-state index in [9.17, 15) is 13.2 Å². The molecule has 36 heavy (non-hydrogen) atoms. The number of sulfonamides is 1. The highest BCUT2D eigenvalue weighted by molar-refractivity contribution is 8.00. The Morgan fingerprint density at radius 1 is 0.944 bits per heavy atom. The topological polar surface area (TPSA) is 72.5 Å². The minimum atomic E-state index is -3.38. The van der Waals surface area contributed by atoms with E-state index in [1.807, 2.05) is 59.7 Å². The summed E-state index contributed by atoms with van der Waals surface area (Å²) in [7, 11) is -3.38. The van der Waals surface area contributed by atoms with Gasteiger partial charge in [-0.2, -0.15) is 11.8 Å². The van der Waals surface area contributed by atoms with Gasteiger partial charge in [0.05, 0.1) is 11.4 Å². The van der Waals surface area contributed by atoms with Gasteiger partial charge in [0.15, 0.2) is 5.78 Å². The average Bonchev–Trinajstić information content (AvgIpc) is 2.80. The van der Waals surface area contributed by atoms with E-state index in [2.05, 4.69) is 36.8 Å². The third-order valence-electron chi connectivity index (χ3n) is 6.87. The Morgan fingerprint density at radius 3 is 2.03 bits per heavy atom. The summed E-state index contributed by atoms with van der Waals surface area (Å²) in [5.41, 5.74) is 4.22. The second-order valence-electron chi connectivity index (χ2n) is 10.4. The molecule has 0 fully saturated rings. The lowest BCUT2D eigenvalue weighted by molar-refractivity contribution is -0.128. The molecule has 0 amide bonds. The van der Waals surface area contributed by atoms with Crippen LogP contribution in [0.25, 0.3) is 0 Å². The number of ether oxygens (including phenoxy) is 1. The Bertz CT molecular complexity index is 1150. The number of carbonyl (C=O) groups excluding carboxylic acids is 1. The lowest BCUT2D eigenvalue weighted by Crippen LogP contribution is -2.27. The molecule has 0 aromatic heterocycles. The molecule has 0 unspecified atom stereocenters. The van der Waals surface area contributed by atoms with Gasteiger partial charge in [-0.1, -0.05) is 65.8 Å². The highest BCUT2D eigenvalue weighted by Crippen LogP contribution is 2.41. The lowest BCUT2D eigenvalue weighted by Gasteiger charge is -2.34. The molecule has 2 aromatic carbocycles. The zero-order chi connectivity index (χ0) is 27.1. The predicted octanol–water partition coefficient (Wildman–Crippen LogP) is 6.90. The first-order valence-corrected chi connectivity index (χ1v) is 15.6. The predicted molar refractivity (Wildman–Crippen MR) is 154 cm³/mol. The molecule has 7 heteroatoms. The van der Waals surface area contributed by atoms with Crippen LogP contribution in [0, 0.1) is 19.3 Å². The Kier molecular flexibility index (Phi) is 10.5. The van der Waals surface area contributed by atoms with Crippen molar-refractivity contribution in [3.8, 4) is 5.75 Å². The number of Topliss-reactive ketones (excluding diaryl/α,β-unsaturated/α-hetero) is 1. The highest BCUT2D eigenvalue weighted by Gasteiger charge is 2.32. The van der Waals surface area contributed by atoms with Crippen LogP contribution in [0.2, 0.25) is 0 Å². The highest BCUT2D eigenvalue weighted by atomic mass is 32.2. The van der Waals surface area contributed by atoms with Crippen LogP contribution in [-0.4, -0.2) is 38.1 Å². The van der Waals surface area contributed by atoms with Crippen LogP contribution >= 0.6 is 11.8 Å². The maximum absolute atomic E-state index is 12.5. The molecule has 2 rings (SSSR count). The summed E-state index contributed by atoms with van der Waals surface area (Å²) in [6.07, 6.45) is 1.79. The van der Waals surface area contributed by atoms with Gasteiger partial charge in [-0.25, -0.2) is 8.42 Å². The molecule has 0 radical (unpaired) electrons. The molecule has 5 nitrogen and oxygen atoms in total. The zero-order valence-electron chi connectivity index (χ0n) is 23.2. The number of anilines is 1. The Morgan fingerprint density at radius 2 is 1.53 bits per heavy atom. The molecular weight excluding hydrogens is 490 g/mol. The standard InChI is InChI=1S/C29H43NO4S2/c1-9-29(10-2,24-13-15-26(22(5)19-24)34-20-27(31)28(6,7)8)23-12-14-25(21(4)18-23)30-36(32,33)17-16-35-11-3/h12-15,18-19,30H,9-11,16-17,20H2,1-8H3. The van der Waals surface area contributed by atoms with Crippen LogP contribution < -0.4 is 9.46 Å². The number of rotatable bonds is 13. The molecule has 0 saturated heterocycles. The van der Waals surface area contributed by atoms with Crippen LogP contribution in [0.1, 0.15) is 76.6 Å². The molecule has 0 saturated carbocycles. The molecule has 2 aromatic rings. The van der Waals surface area contributed by atoms with Gasteiger partial charge in [0.2, 0.25) is 10.0 Å². The van der Waals surface area contributed by atoms with E-state index in [1.165, 1.54) is 5.56 Å². The Labute approximate surface area is 222 Å². The summed E-state index contributed by atoms with van der Waals surface area (Å²) in [6.45, 7) is 16.1. The molecule has 200 valence electrons. The van der Waals surface area contributed by atoms with E-state index >= 15 is 0 Å². The molecular formula is C29H43NO4S2. The van der Waals surface area contributed by atoms with Crippen molar-refractivity contribution in [2.75, 3.05) is 28.6 Å². The van der Waals surface area contributed by atoms with Crippen LogP contribution in [0.5, 0.6) is 5.75 Å². The number of aryl methyl sites for hydroxylation is 2. The molecule has 0 aliphatic rings. The summed E-state index contributed by atoms with van der Waals surface area (Å²) in [4.78, 5) is 12.3. The molecule has 0 atom stereocenters. The second kappa shape index (κ2) is 12.5. The molecule has 0 bridgehead atoms. The molecule has 1 N–H and O–H groups in total. The minimum absolute atomic E-state index is 0.0596. The van der Waals surface area contributed by atoms with E-state index in [-0.39, 0.29) is 23.6 Å². The van der Waals surface area contributed by atoms with Gasteiger partial charge in [0.1, 0.15) is 12.4 Å². The van der Waals surface area contributed by atoms with Crippen molar-refractivity contribution in [3.63, 3.8) is 0 Å². The van der Waals surface area contributed by atoms with Gasteiger partial charge in [0.25, 0.3) is 0 Å². The summed E-state index contributed by atoms with van der Waals surface area (Å²) in [5.74, 6) is 2.38. The second-order valence-corrected chi connectivity index (χ2v) is 13.6. The first-order chi connectivity index (χ1) is 16.8. The average molecular weight is 534 g/mol. The van der Waals surface area contributed by atoms with Crippen LogP contribution in [0.3, 0.4) is 0 Å². The number of hydrogen-bond donors (Lipinski definition) is 1.